The third-order valence-electron chi connectivity index (χ3n) is 4.38. The maximum Gasteiger partial charge on any atom is 0.251 e. The van der Waals surface area contributed by atoms with E-state index in [9.17, 15) is 9.59 Å². The van der Waals surface area contributed by atoms with Crippen molar-refractivity contribution in [2.24, 2.45) is 0 Å². The van der Waals surface area contributed by atoms with Crippen molar-refractivity contribution in [3.8, 4) is 0 Å². The van der Waals surface area contributed by atoms with E-state index in [-0.39, 0.29) is 23.9 Å². The summed E-state index contributed by atoms with van der Waals surface area (Å²) in [6.07, 6.45) is 0.694. The molecule has 0 bridgehead atoms. The molecular weight excluding hydrogens is 374 g/mol. The number of aromatic nitrogens is 2. The van der Waals surface area contributed by atoms with E-state index < -0.39 is 0 Å². The van der Waals surface area contributed by atoms with Crippen molar-refractivity contribution in [1.29, 1.82) is 0 Å². The third kappa shape index (κ3) is 5.54. The highest BCUT2D eigenvalue weighted by atomic mass is 35.5. The number of halogens is 1. The van der Waals surface area contributed by atoms with Crippen LogP contribution in [0.5, 0.6) is 0 Å². The predicted octanol–water partition coefficient (Wildman–Crippen LogP) is 3.68. The van der Waals surface area contributed by atoms with Gasteiger partial charge >= 0.3 is 0 Å². The number of aryl methyl sites for hydroxylation is 2. The van der Waals surface area contributed by atoms with Gasteiger partial charge < -0.3 is 10.3 Å². The number of aromatic amines is 1. The zero-order chi connectivity index (χ0) is 20.1. The summed E-state index contributed by atoms with van der Waals surface area (Å²) in [6, 6.07) is 16.3. The molecule has 0 unspecified atom stereocenters. The van der Waals surface area contributed by atoms with Crippen LogP contribution in [0.3, 0.4) is 0 Å². The number of nitrogens with one attached hydrogen (secondary N) is 2. The highest BCUT2D eigenvalue weighted by Crippen LogP contribution is 2.20. The number of amides is 1. The molecule has 1 aromatic heterocycles. The molecule has 5 nitrogen and oxygen atoms in total. The standard InChI is InChI=1S/C22H22ClN3O2/c1-14-4-3-5-16(10-14)11-21(27)26-20(17-6-8-18(23)9-7-17)12-19-13-22(28)25-15(2)24-19/h3-10,13,20H,11-12H2,1-2H3,(H,26,27)(H,24,25,28)/t20-/m1/s1. The van der Waals surface area contributed by atoms with E-state index in [2.05, 4.69) is 15.3 Å². The van der Waals surface area contributed by atoms with Crippen LogP contribution >= 0.6 is 11.6 Å². The van der Waals surface area contributed by atoms with Gasteiger partial charge in [0.2, 0.25) is 5.91 Å². The van der Waals surface area contributed by atoms with Crippen LogP contribution in [0.15, 0.2) is 59.4 Å². The van der Waals surface area contributed by atoms with E-state index in [1.165, 1.54) is 6.07 Å². The lowest BCUT2D eigenvalue weighted by Crippen LogP contribution is -2.31. The summed E-state index contributed by atoms with van der Waals surface area (Å²) < 4.78 is 0. The van der Waals surface area contributed by atoms with E-state index in [0.29, 0.717) is 23.0 Å². The van der Waals surface area contributed by atoms with E-state index in [1.54, 1.807) is 19.1 Å². The van der Waals surface area contributed by atoms with Gasteiger partial charge in [-0.3, -0.25) is 9.59 Å². The Kier molecular flexibility index (Phi) is 6.26. The first-order chi connectivity index (χ1) is 13.4. The Morgan fingerprint density at radius 3 is 2.57 bits per heavy atom. The van der Waals surface area contributed by atoms with E-state index >= 15 is 0 Å². The fourth-order valence-electron chi connectivity index (χ4n) is 3.16. The van der Waals surface area contributed by atoms with Crippen LogP contribution in [0.1, 0.15) is 34.3 Å². The number of H-pyrrole nitrogens is 1. The summed E-state index contributed by atoms with van der Waals surface area (Å²) in [4.78, 5) is 31.5. The molecule has 0 spiro atoms. The van der Waals surface area contributed by atoms with Crippen molar-refractivity contribution >= 4 is 17.5 Å². The second-order valence-corrected chi connectivity index (χ2v) is 7.30. The van der Waals surface area contributed by atoms with Crippen molar-refractivity contribution in [2.75, 3.05) is 0 Å². The van der Waals surface area contributed by atoms with E-state index in [1.807, 2.05) is 43.3 Å². The van der Waals surface area contributed by atoms with Crippen molar-refractivity contribution in [3.05, 3.63) is 98.2 Å². The van der Waals surface area contributed by atoms with E-state index in [0.717, 1.165) is 16.7 Å². The molecule has 2 aromatic carbocycles. The minimum absolute atomic E-state index is 0.0906. The molecule has 0 fully saturated rings. The molecule has 0 aliphatic heterocycles. The van der Waals surface area contributed by atoms with Crippen LogP contribution < -0.4 is 10.9 Å². The summed E-state index contributed by atoms with van der Waals surface area (Å²) >= 11 is 6.00. The zero-order valence-electron chi connectivity index (χ0n) is 15.8. The van der Waals surface area contributed by atoms with Gasteiger partial charge in [-0.1, -0.05) is 53.6 Å². The Bertz CT molecular complexity index is 1030. The molecule has 1 amide bonds. The van der Waals surface area contributed by atoms with Crippen LogP contribution in [0.25, 0.3) is 0 Å². The topological polar surface area (TPSA) is 74.8 Å². The number of nitrogens with zero attached hydrogens (tertiary/aromatic N) is 1. The molecule has 144 valence electrons. The molecule has 0 saturated carbocycles. The number of hydrogen-bond acceptors (Lipinski definition) is 3. The Balaban J connectivity index is 1.82. The molecule has 0 aliphatic rings. The van der Waals surface area contributed by atoms with Gasteiger partial charge in [-0.15, -0.1) is 0 Å². The lowest BCUT2D eigenvalue weighted by Gasteiger charge is -2.19. The fraction of sp³-hybridized carbons (Fsp3) is 0.227. The number of rotatable bonds is 6. The van der Waals surface area contributed by atoms with Gasteiger partial charge in [0.05, 0.1) is 18.2 Å². The van der Waals surface area contributed by atoms with Crippen LogP contribution in [-0.2, 0) is 17.6 Å². The first kappa shape index (κ1) is 19.8. The maximum atomic E-state index is 12.7. The first-order valence-corrected chi connectivity index (χ1v) is 9.44. The molecule has 6 heteroatoms. The summed E-state index contributed by atoms with van der Waals surface area (Å²) in [7, 11) is 0. The number of carbonyl (C=O) groups is 1. The molecule has 1 heterocycles. The lowest BCUT2D eigenvalue weighted by atomic mass is 10.0. The first-order valence-electron chi connectivity index (χ1n) is 9.06. The Morgan fingerprint density at radius 2 is 1.89 bits per heavy atom. The number of carbonyl (C=O) groups excluding carboxylic acids is 1. The molecule has 0 aliphatic carbocycles. The number of hydrogen-bond donors (Lipinski definition) is 2. The molecule has 28 heavy (non-hydrogen) atoms. The number of benzene rings is 2. The average molecular weight is 396 g/mol. The maximum absolute atomic E-state index is 12.7. The molecule has 3 rings (SSSR count). The summed E-state index contributed by atoms with van der Waals surface area (Å²) in [6.45, 7) is 3.73. The van der Waals surface area contributed by atoms with Gasteiger partial charge in [0.1, 0.15) is 5.82 Å². The Labute approximate surface area is 168 Å². The normalized spacial score (nSPS) is 11.8. The van der Waals surface area contributed by atoms with Crippen LogP contribution in [-0.4, -0.2) is 15.9 Å². The monoisotopic (exact) mass is 395 g/mol. The predicted molar refractivity (Wildman–Crippen MR) is 111 cm³/mol. The van der Waals surface area contributed by atoms with Crippen LogP contribution in [0, 0.1) is 13.8 Å². The summed E-state index contributed by atoms with van der Waals surface area (Å²) in [5, 5.41) is 3.70. The average Bonchev–Trinajstić information content (AvgIpc) is 2.61. The zero-order valence-corrected chi connectivity index (χ0v) is 16.6. The van der Waals surface area contributed by atoms with Crippen LogP contribution in [0.2, 0.25) is 5.02 Å². The molecule has 3 aromatic rings. The van der Waals surface area contributed by atoms with Crippen molar-refractivity contribution in [2.45, 2.75) is 32.7 Å². The molecule has 0 saturated heterocycles. The second kappa shape index (κ2) is 8.85. The van der Waals surface area contributed by atoms with Crippen molar-refractivity contribution < 1.29 is 4.79 Å². The Morgan fingerprint density at radius 1 is 1.14 bits per heavy atom. The quantitative estimate of drug-likeness (QED) is 0.668. The van der Waals surface area contributed by atoms with Gasteiger partial charge in [0, 0.05) is 17.5 Å². The molecule has 0 radical (unpaired) electrons. The highest BCUT2D eigenvalue weighted by Gasteiger charge is 2.17. The summed E-state index contributed by atoms with van der Waals surface area (Å²) in [5.74, 6) is 0.454. The molecular formula is C22H22ClN3O2. The summed E-state index contributed by atoms with van der Waals surface area (Å²) in [5.41, 5.74) is 3.39. The Hall–Kier alpha value is -2.92. The minimum Gasteiger partial charge on any atom is -0.349 e. The van der Waals surface area contributed by atoms with Crippen LogP contribution in [0.4, 0.5) is 0 Å². The molecule has 2 N–H and O–H groups in total. The third-order valence-corrected chi connectivity index (χ3v) is 4.63. The van der Waals surface area contributed by atoms with Gasteiger partial charge in [0.25, 0.3) is 5.56 Å². The van der Waals surface area contributed by atoms with Gasteiger partial charge in [0.15, 0.2) is 0 Å². The minimum atomic E-state index is -0.316. The SMILES string of the molecule is Cc1cccc(CC(=O)N[C@H](Cc2cc(=O)[nH]c(C)n2)c2ccc(Cl)cc2)c1. The smallest absolute Gasteiger partial charge is 0.251 e. The van der Waals surface area contributed by atoms with Crippen molar-refractivity contribution in [3.63, 3.8) is 0 Å². The van der Waals surface area contributed by atoms with Gasteiger partial charge in [-0.25, -0.2) is 4.98 Å². The largest absolute Gasteiger partial charge is 0.349 e. The highest BCUT2D eigenvalue weighted by molar-refractivity contribution is 6.30. The van der Waals surface area contributed by atoms with Gasteiger partial charge in [-0.2, -0.15) is 0 Å². The fourth-order valence-corrected chi connectivity index (χ4v) is 3.28. The van der Waals surface area contributed by atoms with E-state index in [4.69, 9.17) is 11.6 Å². The van der Waals surface area contributed by atoms with Crippen molar-refractivity contribution in [1.82, 2.24) is 15.3 Å². The second-order valence-electron chi connectivity index (χ2n) is 6.86. The molecule has 1 atom stereocenters. The van der Waals surface area contributed by atoms with Gasteiger partial charge in [-0.05, 0) is 37.1 Å². The lowest BCUT2D eigenvalue weighted by molar-refractivity contribution is -0.121.